The highest BCUT2D eigenvalue weighted by Gasteiger charge is 2.47. The zero-order valence-electron chi connectivity index (χ0n) is 19.8. The lowest BCUT2D eigenvalue weighted by Gasteiger charge is -2.52. The Morgan fingerprint density at radius 1 is 1.26 bits per heavy atom. The number of carbonyl (C=O) groups excluding carboxylic acids is 1. The van der Waals surface area contributed by atoms with Gasteiger partial charge in [0.15, 0.2) is 6.10 Å². The molecule has 188 valence electrons. The molecule has 0 aliphatic carbocycles. The van der Waals surface area contributed by atoms with E-state index in [-0.39, 0.29) is 24.5 Å². The average Bonchev–Trinajstić information content (AvgIpc) is 3.38. The number of ether oxygens (including phenoxy) is 1. The normalized spacial score (nSPS) is 29.3. The van der Waals surface area contributed by atoms with E-state index < -0.39 is 5.82 Å². The molecular weight excluding hydrogens is 485 g/mol. The molecule has 5 heterocycles. The number of thioether (sulfide) groups is 1. The Bertz CT molecular complexity index is 1040. The van der Waals surface area contributed by atoms with Crippen LogP contribution in [0.15, 0.2) is 46.8 Å². The Hall–Kier alpha value is -1.94. The molecule has 0 radical (unpaired) electrons. The lowest BCUT2D eigenvalue weighted by atomic mass is 9.83. The van der Waals surface area contributed by atoms with E-state index >= 15 is 0 Å². The van der Waals surface area contributed by atoms with Gasteiger partial charge in [-0.05, 0) is 29.6 Å². The lowest BCUT2D eigenvalue weighted by molar-refractivity contribution is -0.939. The molecular formula is C26H32FN3O3S2. The van der Waals surface area contributed by atoms with Crippen LogP contribution in [0.3, 0.4) is 0 Å². The number of hydrogen-bond donors (Lipinski definition) is 0. The Morgan fingerprint density at radius 2 is 2.11 bits per heavy atom. The molecule has 0 saturated carbocycles. The smallest absolute Gasteiger partial charge is 0.307 e. The first-order chi connectivity index (χ1) is 17.0. The molecule has 1 aromatic carbocycles. The van der Waals surface area contributed by atoms with Crippen LogP contribution in [0.1, 0.15) is 29.4 Å². The summed E-state index contributed by atoms with van der Waals surface area (Å²) >= 11 is 3.80. The number of aliphatic imine (C=N–C) groups is 1. The molecule has 4 aliphatic rings. The number of rotatable bonds is 8. The van der Waals surface area contributed by atoms with Crippen molar-refractivity contribution in [2.45, 2.75) is 30.6 Å². The second-order valence-corrected chi connectivity index (χ2v) is 12.2. The quantitative estimate of drug-likeness (QED) is 0.232. The molecule has 0 amide bonds. The van der Waals surface area contributed by atoms with Gasteiger partial charge in [-0.25, -0.2) is 4.39 Å². The lowest BCUT2D eigenvalue weighted by Crippen LogP contribution is -2.66. The summed E-state index contributed by atoms with van der Waals surface area (Å²) in [5, 5.41) is 15.3. The Balaban J connectivity index is 1.13. The molecule has 35 heavy (non-hydrogen) atoms. The summed E-state index contributed by atoms with van der Waals surface area (Å²) in [4.78, 5) is 20.6. The number of fused-ring (bicyclic) bond motifs is 3. The topological polar surface area (TPSA) is 65.0 Å². The number of benzene rings is 1. The van der Waals surface area contributed by atoms with Crippen LogP contribution < -0.4 is 5.11 Å². The Morgan fingerprint density at radius 3 is 2.89 bits per heavy atom. The number of piperidine rings is 3. The highest BCUT2D eigenvalue weighted by molar-refractivity contribution is 7.99. The van der Waals surface area contributed by atoms with Gasteiger partial charge < -0.3 is 19.2 Å². The number of thiophene rings is 1. The van der Waals surface area contributed by atoms with E-state index in [2.05, 4.69) is 27.4 Å². The third-order valence-corrected chi connectivity index (χ3v) is 9.86. The van der Waals surface area contributed by atoms with Crippen LogP contribution in [0.4, 0.5) is 10.1 Å². The molecule has 1 unspecified atom stereocenters. The molecule has 6 nitrogen and oxygen atoms in total. The number of nitrogens with zero attached hydrogens (tertiary/aromatic N) is 3. The number of hydrogen-bond acceptors (Lipinski definition) is 7. The van der Waals surface area contributed by atoms with Crippen molar-refractivity contribution in [2.75, 3.05) is 51.6 Å². The largest absolute Gasteiger partial charge is 0.858 e. The maximum absolute atomic E-state index is 13.4. The molecule has 2 atom stereocenters. The Labute approximate surface area is 214 Å². The van der Waals surface area contributed by atoms with Gasteiger partial charge in [-0.3, -0.25) is 9.79 Å². The highest BCUT2D eigenvalue weighted by atomic mass is 32.2. The highest BCUT2D eigenvalue weighted by Crippen LogP contribution is 2.37. The van der Waals surface area contributed by atoms with E-state index in [0.29, 0.717) is 34.3 Å². The number of quaternary nitrogens is 1. The number of esters is 1. The molecule has 2 aromatic rings. The van der Waals surface area contributed by atoms with Gasteiger partial charge in [0.25, 0.3) is 0 Å². The van der Waals surface area contributed by atoms with Crippen molar-refractivity contribution >= 4 is 40.7 Å². The summed E-state index contributed by atoms with van der Waals surface area (Å²) < 4.78 is 20.0. The monoisotopic (exact) mass is 517 g/mol. The third kappa shape index (κ3) is 6.25. The first kappa shape index (κ1) is 24.7. The van der Waals surface area contributed by atoms with Gasteiger partial charge in [-0.2, -0.15) is 11.8 Å². The minimum Gasteiger partial charge on any atom is -0.858 e. The zero-order valence-corrected chi connectivity index (χ0v) is 21.4. The van der Waals surface area contributed by atoms with Crippen LogP contribution in [-0.4, -0.2) is 78.9 Å². The van der Waals surface area contributed by atoms with Crippen LogP contribution in [0.2, 0.25) is 0 Å². The second kappa shape index (κ2) is 11.0. The van der Waals surface area contributed by atoms with E-state index in [1.807, 2.05) is 11.8 Å². The summed E-state index contributed by atoms with van der Waals surface area (Å²) in [5.74, 6) is 0.677. The summed E-state index contributed by atoms with van der Waals surface area (Å²) in [5.41, 5.74) is 0.348. The standard InChI is InChI=1S/C26H32FN3O3S2/c27-20-3-1-4-21(15-20)28-25(31)18-30-11-7-19(8-12-30)22(17-30)33-26(32)6-9-29-10-14-35-24(16-29)23-5-2-13-34-23/h1-5,13,15,19,22,24H,6-12,14,16-18H2/t19?,22-,24?,30?/m1/s1. The van der Waals surface area contributed by atoms with Crippen LogP contribution in [0, 0.1) is 11.7 Å². The van der Waals surface area contributed by atoms with Gasteiger partial charge in [0.05, 0.1) is 30.4 Å². The van der Waals surface area contributed by atoms with E-state index in [1.54, 1.807) is 23.5 Å². The van der Waals surface area contributed by atoms with Crippen molar-refractivity contribution in [2.24, 2.45) is 10.9 Å². The number of halogens is 1. The first-order valence-corrected chi connectivity index (χ1v) is 14.3. The molecule has 6 rings (SSSR count). The van der Waals surface area contributed by atoms with Gasteiger partial charge >= 0.3 is 5.97 Å². The SMILES string of the molecule is O=C(CCN1CCSC(c2cccs2)C1)O[C@@H]1C[N+]2(CC([O-])=Nc3cccc(F)c3)CCC1CC2. The van der Waals surface area contributed by atoms with Crippen molar-refractivity contribution in [1.82, 2.24) is 4.90 Å². The predicted octanol–water partition coefficient (Wildman–Crippen LogP) is 3.61. The van der Waals surface area contributed by atoms with Crippen molar-refractivity contribution in [3.8, 4) is 0 Å². The van der Waals surface area contributed by atoms with E-state index in [4.69, 9.17) is 4.74 Å². The second-order valence-electron chi connectivity index (χ2n) is 9.91. The van der Waals surface area contributed by atoms with Gasteiger partial charge in [-0.1, -0.05) is 12.1 Å². The fourth-order valence-electron chi connectivity index (χ4n) is 5.62. The van der Waals surface area contributed by atoms with Gasteiger partial charge in [0.1, 0.15) is 18.9 Å². The molecule has 1 aromatic heterocycles. The van der Waals surface area contributed by atoms with Gasteiger partial charge in [-0.15, -0.1) is 11.3 Å². The van der Waals surface area contributed by atoms with E-state index in [0.717, 1.165) is 51.3 Å². The maximum atomic E-state index is 13.4. The maximum Gasteiger partial charge on any atom is 0.307 e. The average molecular weight is 518 g/mol. The number of carbonyl (C=O) groups is 1. The van der Waals surface area contributed by atoms with Crippen LogP contribution in [-0.2, 0) is 9.53 Å². The van der Waals surface area contributed by atoms with Crippen LogP contribution in [0.25, 0.3) is 0 Å². The minimum atomic E-state index is -0.401. The summed E-state index contributed by atoms with van der Waals surface area (Å²) in [7, 11) is 0. The van der Waals surface area contributed by atoms with Crippen LogP contribution >= 0.6 is 23.1 Å². The molecule has 4 fully saturated rings. The zero-order chi connectivity index (χ0) is 24.3. The van der Waals surface area contributed by atoms with Gasteiger partial charge in [0.2, 0.25) is 0 Å². The van der Waals surface area contributed by atoms with Crippen molar-refractivity contribution in [1.29, 1.82) is 0 Å². The van der Waals surface area contributed by atoms with Crippen LogP contribution in [0.5, 0.6) is 0 Å². The molecule has 2 bridgehead atoms. The predicted molar refractivity (Wildman–Crippen MR) is 136 cm³/mol. The van der Waals surface area contributed by atoms with Gasteiger partial charge in [0, 0.05) is 54.9 Å². The molecule has 0 spiro atoms. The fourth-order valence-corrected chi connectivity index (χ4v) is 7.89. The Kier molecular flexibility index (Phi) is 7.77. The van der Waals surface area contributed by atoms with E-state index in [9.17, 15) is 14.3 Å². The van der Waals surface area contributed by atoms with Crippen molar-refractivity contribution in [3.05, 3.63) is 52.5 Å². The molecule has 0 N–H and O–H groups in total. The minimum absolute atomic E-state index is 0.136. The van der Waals surface area contributed by atoms with Crippen molar-refractivity contribution in [3.63, 3.8) is 0 Å². The summed E-state index contributed by atoms with van der Waals surface area (Å²) in [6, 6.07) is 10.1. The first-order valence-electron chi connectivity index (χ1n) is 12.4. The third-order valence-electron chi connectivity index (χ3n) is 7.50. The molecule has 4 saturated heterocycles. The van der Waals surface area contributed by atoms with E-state index in [1.165, 1.54) is 17.0 Å². The molecule has 9 heteroatoms. The van der Waals surface area contributed by atoms with Crippen molar-refractivity contribution < 1.29 is 23.5 Å². The fraction of sp³-hybridized carbons (Fsp3) is 0.538. The summed E-state index contributed by atoms with van der Waals surface area (Å²) in [6.07, 6.45) is 2.18. The molecule has 4 aliphatic heterocycles. The summed E-state index contributed by atoms with van der Waals surface area (Å²) in [6.45, 7) is 5.44.